The second-order valence-corrected chi connectivity index (χ2v) is 6.10. The highest BCUT2D eigenvalue weighted by molar-refractivity contribution is 5.73. The lowest BCUT2D eigenvalue weighted by Gasteiger charge is -2.37. The summed E-state index contributed by atoms with van der Waals surface area (Å²) in [5.41, 5.74) is 0. The Balaban J connectivity index is 5.82. The van der Waals surface area contributed by atoms with E-state index in [4.69, 9.17) is 18.9 Å². The van der Waals surface area contributed by atoms with Crippen LogP contribution in [-0.4, -0.2) is 61.9 Å². The maximum atomic E-state index is 11.6. The molecule has 0 fully saturated rings. The van der Waals surface area contributed by atoms with Crippen LogP contribution in [0.4, 0.5) is 0 Å². The van der Waals surface area contributed by atoms with E-state index in [0.717, 1.165) is 0 Å². The first-order valence-corrected chi connectivity index (χ1v) is 8.27. The topological polar surface area (TPSA) is 117 Å². The number of nitrogens with one attached hydrogen (secondary N) is 1. The van der Waals surface area contributed by atoms with Crippen molar-refractivity contribution in [3.05, 3.63) is 0 Å². The van der Waals surface area contributed by atoms with Crippen LogP contribution >= 0.6 is 0 Å². The first-order valence-electron chi connectivity index (χ1n) is 8.27. The number of carbonyl (C=O) groups is 4. The van der Waals surface area contributed by atoms with Crippen LogP contribution in [0.1, 0.15) is 41.5 Å². The van der Waals surface area contributed by atoms with E-state index in [9.17, 15) is 19.2 Å². The van der Waals surface area contributed by atoms with Crippen LogP contribution in [0.15, 0.2) is 0 Å². The summed E-state index contributed by atoms with van der Waals surface area (Å²) in [7, 11) is 1.44. The number of ether oxygens (including phenoxy) is 4. The molecule has 0 heterocycles. The SMILES string of the molecule is COC(C)C(NC(C)=O)C(OC(C)=O)C(OC(C)=O)C(C)COC(C)=O. The fourth-order valence-corrected chi connectivity index (χ4v) is 2.43. The third kappa shape index (κ3) is 8.80. The minimum Gasteiger partial charge on any atom is -0.465 e. The molecule has 0 aliphatic heterocycles. The second-order valence-electron chi connectivity index (χ2n) is 6.10. The molecule has 5 unspecified atom stereocenters. The van der Waals surface area contributed by atoms with Crippen molar-refractivity contribution in [2.24, 2.45) is 5.92 Å². The Morgan fingerprint density at radius 2 is 1.35 bits per heavy atom. The van der Waals surface area contributed by atoms with Gasteiger partial charge in [-0.3, -0.25) is 19.2 Å². The van der Waals surface area contributed by atoms with Crippen molar-refractivity contribution in [1.29, 1.82) is 0 Å². The molecule has 0 aliphatic carbocycles. The Bertz CT molecular complexity index is 507. The molecule has 9 heteroatoms. The Labute approximate surface area is 153 Å². The maximum absolute atomic E-state index is 11.6. The van der Waals surface area contributed by atoms with Crippen molar-refractivity contribution in [2.45, 2.75) is 65.9 Å². The number of carbonyl (C=O) groups excluding carboxylic acids is 4. The summed E-state index contributed by atoms with van der Waals surface area (Å²) in [6.45, 7) is 8.28. The molecule has 0 spiro atoms. The lowest BCUT2D eigenvalue weighted by atomic mass is 9.92. The number of methoxy groups -OCH3 is 1. The summed E-state index contributed by atoms with van der Waals surface area (Å²) in [6, 6.07) is -0.787. The van der Waals surface area contributed by atoms with Gasteiger partial charge in [0.05, 0.1) is 18.8 Å². The minimum absolute atomic E-state index is 0.0563. The predicted octanol–water partition coefficient (Wildman–Crippen LogP) is 0.589. The highest BCUT2D eigenvalue weighted by atomic mass is 16.6. The molecule has 0 radical (unpaired) electrons. The standard InChI is InChI=1S/C17H29NO8/c1-9(8-24-12(4)20)16(25-13(5)21)17(26-14(6)22)15(10(2)23-7)18-11(3)19/h9-10,15-17H,8H2,1-7H3,(H,18,19). The molecule has 0 bridgehead atoms. The zero-order valence-corrected chi connectivity index (χ0v) is 16.4. The van der Waals surface area contributed by atoms with Crippen LogP contribution in [0.25, 0.3) is 0 Å². The molecule has 0 aromatic rings. The molecule has 5 atom stereocenters. The monoisotopic (exact) mass is 375 g/mol. The summed E-state index contributed by atoms with van der Waals surface area (Å²) < 4.78 is 21.0. The largest absolute Gasteiger partial charge is 0.465 e. The van der Waals surface area contributed by atoms with Crippen molar-refractivity contribution in [3.63, 3.8) is 0 Å². The highest BCUT2D eigenvalue weighted by Gasteiger charge is 2.41. The summed E-state index contributed by atoms with van der Waals surface area (Å²) in [5, 5.41) is 2.67. The number of hydrogen-bond acceptors (Lipinski definition) is 8. The zero-order chi connectivity index (χ0) is 20.4. The van der Waals surface area contributed by atoms with Crippen molar-refractivity contribution in [1.82, 2.24) is 5.32 Å². The first kappa shape index (κ1) is 23.8. The van der Waals surface area contributed by atoms with Gasteiger partial charge < -0.3 is 24.3 Å². The van der Waals surface area contributed by atoms with Gasteiger partial charge in [-0.25, -0.2) is 0 Å². The van der Waals surface area contributed by atoms with Crippen molar-refractivity contribution < 1.29 is 38.1 Å². The second kappa shape index (κ2) is 11.5. The van der Waals surface area contributed by atoms with Crippen LogP contribution in [0.2, 0.25) is 0 Å². The Morgan fingerprint density at radius 1 is 0.846 bits per heavy atom. The molecule has 9 nitrogen and oxygen atoms in total. The summed E-state index contributed by atoms with van der Waals surface area (Å²) >= 11 is 0. The van der Waals surface area contributed by atoms with Crippen LogP contribution in [-0.2, 0) is 38.1 Å². The van der Waals surface area contributed by atoms with Gasteiger partial charge in [-0.2, -0.15) is 0 Å². The predicted molar refractivity (Wildman–Crippen MR) is 91.0 cm³/mol. The molecule has 0 rings (SSSR count). The van der Waals surface area contributed by atoms with Gasteiger partial charge in [0.1, 0.15) is 6.10 Å². The quantitative estimate of drug-likeness (QED) is 0.435. The van der Waals surface area contributed by atoms with Crippen molar-refractivity contribution >= 4 is 23.8 Å². The van der Waals surface area contributed by atoms with E-state index >= 15 is 0 Å². The summed E-state index contributed by atoms with van der Waals surface area (Å²) in [6.07, 6.45) is -2.56. The van der Waals surface area contributed by atoms with Crippen LogP contribution in [0.5, 0.6) is 0 Å². The maximum Gasteiger partial charge on any atom is 0.303 e. The van der Waals surface area contributed by atoms with Gasteiger partial charge >= 0.3 is 17.9 Å². The molecule has 0 aromatic carbocycles. The van der Waals surface area contributed by atoms with Gasteiger partial charge in [-0.15, -0.1) is 0 Å². The van der Waals surface area contributed by atoms with E-state index in [1.807, 2.05) is 0 Å². The van der Waals surface area contributed by atoms with Crippen LogP contribution < -0.4 is 5.32 Å². The number of amides is 1. The Hall–Kier alpha value is -2.16. The molecule has 0 saturated carbocycles. The van der Waals surface area contributed by atoms with E-state index in [2.05, 4.69) is 5.32 Å². The van der Waals surface area contributed by atoms with Crippen molar-refractivity contribution in [3.8, 4) is 0 Å². The highest BCUT2D eigenvalue weighted by Crippen LogP contribution is 2.22. The third-order valence-electron chi connectivity index (χ3n) is 3.64. The van der Waals surface area contributed by atoms with Gasteiger partial charge in [-0.05, 0) is 6.92 Å². The minimum atomic E-state index is -1.04. The van der Waals surface area contributed by atoms with E-state index in [-0.39, 0.29) is 12.5 Å². The lowest BCUT2D eigenvalue weighted by Crippen LogP contribution is -2.58. The molecule has 1 amide bonds. The molecular weight excluding hydrogens is 346 g/mol. The first-order chi connectivity index (χ1) is 12.0. The van der Waals surface area contributed by atoms with E-state index < -0.39 is 48.2 Å². The molecule has 150 valence electrons. The normalized spacial score (nSPS) is 16.4. The fourth-order valence-electron chi connectivity index (χ4n) is 2.43. The van der Waals surface area contributed by atoms with E-state index in [1.54, 1.807) is 13.8 Å². The van der Waals surface area contributed by atoms with E-state index in [0.29, 0.717) is 0 Å². The Kier molecular flexibility index (Phi) is 10.5. The number of rotatable bonds is 10. The lowest BCUT2D eigenvalue weighted by molar-refractivity contribution is -0.178. The average molecular weight is 375 g/mol. The fraction of sp³-hybridized carbons (Fsp3) is 0.765. The number of hydrogen-bond donors (Lipinski definition) is 1. The summed E-state index contributed by atoms with van der Waals surface area (Å²) in [5.74, 6) is -2.59. The van der Waals surface area contributed by atoms with Gasteiger partial charge in [0.25, 0.3) is 0 Å². The number of esters is 3. The van der Waals surface area contributed by atoms with Gasteiger partial charge in [-0.1, -0.05) is 6.92 Å². The van der Waals surface area contributed by atoms with Crippen LogP contribution in [0, 0.1) is 5.92 Å². The van der Waals surface area contributed by atoms with Crippen LogP contribution in [0.3, 0.4) is 0 Å². The average Bonchev–Trinajstić information content (AvgIpc) is 2.52. The van der Waals surface area contributed by atoms with Gasteiger partial charge in [0, 0.05) is 40.7 Å². The van der Waals surface area contributed by atoms with Gasteiger partial charge in [0.15, 0.2) is 6.10 Å². The Morgan fingerprint density at radius 3 is 1.73 bits per heavy atom. The van der Waals surface area contributed by atoms with Gasteiger partial charge in [0.2, 0.25) is 5.91 Å². The van der Waals surface area contributed by atoms with Crippen molar-refractivity contribution in [2.75, 3.05) is 13.7 Å². The molecule has 0 saturated heterocycles. The summed E-state index contributed by atoms with van der Waals surface area (Å²) in [4.78, 5) is 45.9. The van der Waals surface area contributed by atoms with E-state index in [1.165, 1.54) is 34.8 Å². The molecule has 0 aromatic heterocycles. The molecule has 0 aliphatic rings. The third-order valence-corrected chi connectivity index (χ3v) is 3.64. The molecule has 26 heavy (non-hydrogen) atoms. The molecular formula is C17H29NO8. The zero-order valence-electron chi connectivity index (χ0n) is 16.4. The molecule has 1 N–H and O–H groups in total. The smallest absolute Gasteiger partial charge is 0.303 e.